The number of hydrogen-bond donors (Lipinski definition) is 1. The molecule has 2 aromatic carbocycles. The van der Waals surface area contributed by atoms with Crippen LogP contribution in [0.2, 0.25) is 0 Å². The summed E-state index contributed by atoms with van der Waals surface area (Å²) in [5, 5.41) is 3.22. The zero-order chi connectivity index (χ0) is 23.3. The van der Waals surface area contributed by atoms with Crippen LogP contribution in [0.5, 0.6) is 11.5 Å². The van der Waals surface area contributed by atoms with E-state index in [1.807, 2.05) is 30.3 Å². The predicted octanol–water partition coefficient (Wildman–Crippen LogP) is 4.65. The van der Waals surface area contributed by atoms with Crippen LogP contribution in [0.15, 0.2) is 72.9 Å². The smallest absolute Gasteiger partial charge is 0.277 e. The number of carbonyl (C=O) groups excluding carboxylic acids is 2. The molecule has 5 rings (SSSR count). The molecule has 7 nitrogen and oxygen atoms in total. The van der Waals surface area contributed by atoms with Crippen LogP contribution in [0.4, 0.5) is 5.69 Å². The fourth-order valence-corrected chi connectivity index (χ4v) is 4.61. The van der Waals surface area contributed by atoms with Crippen LogP contribution in [-0.2, 0) is 4.79 Å². The largest absolute Gasteiger partial charge is 0.454 e. The van der Waals surface area contributed by atoms with E-state index in [-0.39, 0.29) is 30.3 Å². The molecule has 1 unspecified atom stereocenters. The Morgan fingerprint density at radius 3 is 2.44 bits per heavy atom. The lowest BCUT2D eigenvalue weighted by Gasteiger charge is -2.33. The second-order valence-corrected chi connectivity index (χ2v) is 8.58. The second-order valence-electron chi connectivity index (χ2n) is 8.58. The molecule has 34 heavy (non-hydrogen) atoms. The van der Waals surface area contributed by atoms with E-state index in [0.717, 1.165) is 31.2 Å². The quantitative estimate of drug-likeness (QED) is 0.583. The summed E-state index contributed by atoms with van der Waals surface area (Å²) in [5.74, 6) is 0.569. The van der Waals surface area contributed by atoms with Crippen molar-refractivity contribution in [1.29, 1.82) is 0 Å². The molecule has 0 radical (unpaired) electrons. The van der Waals surface area contributed by atoms with Gasteiger partial charge in [-0.3, -0.25) is 19.5 Å². The summed E-state index contributed by atoms with van der Waals surface area (Å²) in [5.41, 5.74) is 1.51. The predicted molar refractivity (Wildman–Crippen MR) is 128 cm³/mol. The van der Waals surface area contributed by atoms with Crippen LogP contribution < -0.4 is 19.7 Å². The van der Waals surface area contributed by atoms with E-state index in [9.17, 15) is 9.59 Å². The Kier molecular flexibility index (Phi) is 6.42. The monoisotopic (exact) mass is 457 g/mol. The maximum atomic E-state index is 13.9. The number of nitrogens with one attached hydrogen (secondary N) is 1. The van der Waals surface area contributed by atoms with Gasteiger partial charge in [-0.25, -0.2) is 0 Å². The summed E-state index contributed by atoms with van der Waals surface area (Å²) in [6, 6.07) is 19.1. The number of carbonyl (C=O) groups is 2. The standard InChI is InChI=1S/C27H27N3O4/c31-26(29-20-11-5-2-6-12-20)25(19-9-3-1-4-10-19)30(27(32)22-13-7-8-16-28-22)21-14-15-23-24(17-21)34-18-33-23/h1,3-4,7-10,13-17,20,25H,2,5-6,11-12,18H2,(H,29,31). The van der Waals surface area contributed by atoms with Crippen LogP contribution in [0.1, 0.15) is 54.2 Å². The molecular formula is C27H27N3O4. The Hall–Kier alpha value is -3.87. The second kappa shape index (κ2) is 9.95. The molecule has 0 saturated heterocycles. The lowest BCUT2D eigenvalue weighted by molar-refractivity contribution is -0.123. The molecule has 1 fully saturated rings. The summed E-state index contributed by atoms with van der Waals surface area (Å²) in [4.78, 5) is 33.5. The highest BCUT2D eigenvalue weighted by Gasteiger charge is 2.35. The number of fused-ring (bicyclic) bond motifs is 1. The van der Waals surface area contributed by atoms with Crippen LogP contribution in [0.25, 0.3) is 0 Å². The van der Waals surface area contributed by atoms with E-state index in [4.69, 9.17) is 9.47 Å². The molecule has 174 valence electrons. The first-order chi connectivity index (χ1) is 16.7. The van der Waals surface area contributed by atoms with E-state index in [1.54, 1.807) is 42.6 Å². The van der Waals surface area contributed by atoms with Crippen molar-refractivity contribution in [2.45, 2.75) is 44.2 Å². The van der Waals surface area contributed by atoms with Crippen molar-refractivity contribution in [3.63, 3.8) is 0 Å². The van der Waals surface area contributed by atoms with Gasteiger partial charge >= 0.3 is 0 Å². The van der Waals surface area contributed by atoms with E-state index >= 15 is 0 Å². The highest BCUT2D eigenvalue weighted by atomic mass is 16.7. The normalized spacial score (nSPS) is 16.0. The Balaban J connectivity index is 1.59. The van der Waals surface area contributed by atoms with Gasteiger partial charge in [-0.15, -0.1) is 0 Å². The van der Waals surface area contributed by atoms with Gasteiger partial charge in [0.1, 0.15) is 11.7 Å². The number of benzene rings is 2. The van der Waals surface area contributed by atoms with Gasteiger partial charge in [0.2, 0.25) is 12.7 Å². The van der Waals surface area contributed by atoms with Crippen molar-refractivity contribution >= 4 is 17.5 Å². The molecule has 3 aromatic rings. The molecule has 1 aromatic heterocycles. The number of hydrogen-bond acceptors (Lipinski definition) is 5. The molecule has 0 bridgehead atoms. The van der Waals surface area contributed by atoms with Crippen molar-refractivity contribution < 1.29 is 19.1 Å². The summed E-state index contributed by atoms with van der Waals surface area (Å²) in [6.07, 6.45) is 6.86. The fraction of sp³-hybridized carbons (Fsp3) is 0.296. The molecule has 0 spiro atoms. The number of pyridine rings is 1. The van der Waals surface area contributed by atoms with Crippen LogP contribution in [0.3, 0.4) is 0 Å². The third-order valence-corrected chi connectivity index (χ3v) is 6.31. The third kappa shape index (κ3) is 4.59. The van der Waals surface area contributed by atoms with Gasteiger partial charge < -0.3 is 14.8 Å². The molecule has 1 saturated carbocycles. The minimum atomic E-state index is -0.877. The number of rotatable bonds is 6. The number of amides is 2. The van der Waals surface area contributed by atoms with Gasteiger partial charge in [-0.05, 0) is 42.7 Å². The van der Waals surface area contributed by atoms with Crippen LogP contribution >= 0.6 is 0 Å². The van der Waals surface area contributed by atoms with Gasteiger partial charge in [0.25, 0.3) is 5.91 Å². The molecule has 1 aliphatic heterocycles. The van der Waals surface area contributed by atoms with E-state index in [1.165, 1.54) is 11.3 Å². The first-order valence-electron chi connectivity index (χ1n) is 11.7. The van der Waals surface area contributed by atoms with Gasteiger partial charge in [0, 0.05) is 24.0 Å². The van der Waals surface area contributed by atoms with Crippen LogP contribution in [-0.4, -0.2) is 29.6 Å². The van der Waals surface area contributed by atoms with Gasteiger partial charge in [0.05, 0.1) is 0 Å². The maximum absolute atomic E-state index is 13.9. The zero-order valence-corrected chi connectivity index (χ0v) is 18.9. The molecule has 7 heteroatoms. The Morgan fingerprint density at radius 1 is 0.912 bits per heavy atom. The molecule has 1 aliphatic carbocycles. The number of nitrogens with zero attached hydrogens (tertiary/aromatic N) is 2. The van der Waals surface area contributed by atoms with Crippen molar-refractivity contribution in [2.24, 2.45) is 0 Å². The lowest BCUT2D eigenvalue weighted by Crippen LogP contribution is -2.47. The molecule has 2 heterocycles. The van der Waals surface area contributed by atoms with Crippen molar-refractivity contribution in [2.75, 3.05) is 11.7 Å². The summed E-state index contributed by atoms with van der Waals surface area (Å²) >= 11 is 0. The SMILES string of the molecule is O=C(NC1CCCCC1)C(c1ccccc1)N(C(=O)c1ccccn1)c1ccc2c(c1)OCO2. The summed E-state index contributed by atoms with van der Waals surface area (Å²) in [7, 11) is 0. The fourth-order valence-electron chi connectivity index (χ4n) is 4.61. The highest BCUT2D eigenvalue weighted by Crippen LogP contribution is 2.38. The minimum Gasteiger partial charge on any atom is -0.454 e. The average Bonchev–Trinajstić information content (AvgIpc) is 3.36. The maximum Gasteiger partial charge on any atom is 0.277 e. The van der Waals surface area contributed by atoms with Crippen molar-refractivity contribution in [1.82, 2.24) is 10.3 Å². The molecule has 1 N–H and O–H groups in total. The Labute approximate surface area is 198 Å². The molecule has 2 amide bonds. The first-order valence-corrected chi connectivity index (χ1v) is 11.7. The third-order valence-electron chi connectivity index (χ3n) is 6.31. The van der Waals surface area contributed by atoms with Gasteiger partial charge in [0.15, 0.2) is 11.5 Å². The van der Waals surface area contributed by atoms with E-state index in [0.29, 0.717) is 17.2 Å². The number of ether oxygens (including phenoxy) is 2. The number of anilines is 1. The Bertz CT molecular complexity index is 1150. The van der Waals surface area contributed by atoms with E-state index in [2.05, 4.69) is 10.3 Å². The first kappa shape index (κ1) is 21.9. The molecular weight excluding hydrogens is 430 g/mol. The Morgan fingerprint density at radius 2 is 1.68 bits per heavy atom. The number of aromatic nitrogens is 1. The highest BCUT2D eigenvalue weighted by molar-refractivity contribution is 6.09. The molecule has 2 aliphatic rings. The van der Waals surface area contributed by atoms with Crippen molar-refractivity contribution in [3.05, 3.63) is 84.2 Å². The average molecular weight is 458 g/mol. The topological polar surface area (TPSA) is 80.8 Å². The van der Waals surface area contributed by atoms with Crippen molar-refractivity contribution in [3.8, 4) is 11.5 Å². The zero-order valence-electron chi connectivity index (χ0n) is 18.9. The van der Waals surface area contributed by atoms with Gasteiger partial charge in [-0.1, -0.05) is 55.7 Å². The summed E-state index contributed by atoms with van der Waals surface area (Å²) in [6.45, 7) is 0.122. The van der Waals surface area contributed by atoms with Gasteiger partial charge in [-0.2, -0.15) is 0 Å². The van der Waals surface area contributed by atoms with E-state index < -0.39 is 6.04 Å². The molecule has 1 atom stereocenters. The minimum absolute atomic E-state index is 0.107. The lowest BCUT2D eigenvalue weighted by atomic mass is 9.94. The summed E-state index contributed by atoms with van der Waals surface area (Å²) < 4.78 is 11.0. The van der Waals surface area contributed by atoms with Crippen LogP contribution in [0, 0.1) is 0 Å².